The molecule has 80 valence electrons. The highest BCUT2D eigenvalue weighted by molar-refractivity contribution is 5.87. The molecular weight excluding hydrogens is 186 g/mol. The number of nitrogens with one attached hydrogen (secondary N) is 1. The van der Waals surface area contributed by atoms with E-state index in [1.807, 2.05) is 5.32 Å². The van der Waals surface area contributed by atoms with Crippen LogP contribution in [0.25, 0.3) is 0 Å². The van der Waals surface area contributed by atoms with E-state index >= 15 is 0 Å². The summed E-state index contributed by atoms with van der Waals surface area (Å²) in [6, 6.07) is 0. The third-order valence-corrected chi connectivity index (χ3v) is 0.935. The molecule has 0 saturated heterocycles. The van der Waals surface area contributed by atoms with E-state index in [2.05, 4.69) is 11.3 Å². The number of carbonyl (C=O) groups is 2. The Morgan fingerprint density at radius 2 is 1.93 bits per heavy atom. The normalized spacial score (nSPS) is 10.2. The van der Waals surface area contributed by atoms with Gasteiger partial charge >= 0.3 is 12.2 Å². The Hall–Kier alpha value is -1.52. The lowest BCUT2D eigenvalue weighted by Crippen LogP contribution is -2.36. The lowest BCUT2D eigenvalue weighted by Gasteiger charge is -2.18. The summed E-state index contributed by atoms with van der Waals surface area (Å²) in [5, 5.41) is 1.90. The molecule has 0 spiro atoms. The van der Waals surface area contributed by atoms with Crippen molar-refractivity contribution in [3.63, 3.8) is 0 Å². The van der Waals surface area contributed by atoms with E-state index in [1.54, 1.807) is 20.8 Å². The SMILES string of the molecule is C=CCOC(=O)NC(=O)OC(C)(C)C. The monoisotopic (exact) mass is 201 g/mol. The zero-order chi connectivity index (χ0) is 11.2. The lowest BCUT2D eigenvalue weighted by atomic mass is 10.2. The van der Waals surface area contributed by atoms with Gasteiger partial charge in [-0.3, -0.25) is 0 Å². The molecule has 0 aliphatic carbocycles. The van der Waals surface area contributed by atoms with Crippen LogP contribution in [0.3, 0.4) is 0 Å². The van der Waals surface area contributed by atoms with E-state index in [0.29, 0.717) is 0 Å². The van der Waals surface area contributed by atoms with Gasteiger partial charge in [0, 0.05) is 0 Å². The molecule has 0 fully saturated rings. The summed E-state index contributed by atoms with van der Waals surface area (Å²) in [5.74, 6) is 0. The molecule has 0 atom stereocenters. The van der Waals surface area contributed by atoms with Gasteiger partial charge in [-0.1, -0.05) is 12.7 Å². The van der Waals surface area contributed by atoms with Crippen LogP contribution in [-0.2, 0) is 9.47 Å². The van der Waals surface area contributed by atoms with E-state index in [1.165, 1.54) is 6.08 Å². The van der Waals surface area contributed by atoms with Crippen molar-refractivity contribution in [2.75, 3.05) is 6.61 Å². The van der Waals surface area contributed by atoms with Crippen LogP contribution in [0.15, 0.2) is 12.7 Å². The van der Waals surface area contributed by atoms with Crippen molar-refractivity contribution in [3.8, 4) is 0 Å². The standard InChI is InChI=1S/C9H15NO4/c1-5-6-13-7(11)10-8(12)14-9(2,3)4/h5H,1,6H2,2-4H3,(H,10,11,12). The smallest absolute Gasteiger partial charge is 0.417 e. The van der Waals surface area contributed by atoms with Gasteiger partial charge in [0.15, 0.2) is 0 Å². The Morgan fingerprint density at radius 3 is 2.36 bits per heavy atom. The minimum Gasteiger partial charge on any atom is -0.445 e. The summed E-state index contributed by atoms with van der Waals surface area (Å²) in [7, 11) is 0. The minimum absolute atomic E-state index is 0.0502. The average molecular weight is 201 g/mol. The minimum atomic E-state index is -0.848. The number of alkyl carbamates (subject to hydrolysis) is 2. The van der Waals surface area contributed by atoms with Crippen molar-refractivity contribution < 1.29 is 19.1 Å². The Bertz CT molecular complexity index is 229. The van der Waals surface area contributed by atoms with Crippen LogP contribution in [0.5, 0.6) is 0 Å². The second-order valence-corrected chi connectivity index (χ2v) is 3.51. The van der Waals surface area contributed by atoms with Crippen molar-refractivity contribution in [2.24, 2.45) is 0 Å². The zero-order valence-electron chi connectivity index (χ0n) is 8.62. The highest BCUT2D eigenvalue weighted by Crippen LogP contribution is 2.06. The maximum atomic E-state index is 11.0. The first-order valence-corrected chi connectivity index (χ1v) is 4.13. The van der Waals surface area contributed by atoms with Crippen LogP contribution >= 0.6 is 0 Å². The van der Waals surface area contributed by atoms with E-state index in [4.69, 9.17) is 4.74 Å². The van der Waals surface area contributed by atoms with Gasteiger partial charge in [-0.25, -0.2) is 14.9 Å². The summed E-state index contributed by atoms with van der Waals surface area (Å²) in [6.07, 6.45) is -0.278. The van der Waals surface area contributed by atoms with Crippen LogP contribution in [0.2, 0.25) is 0 Å². The number of rotatable bonds is 2. The highest BCUT2D eigenvalue weighted by Gasteiger charge is 2.18. The fourth-order valence-corrected chi connectivity index (χ4v) is 0.558. The second kappa shape index (κ2) is 5.26. The quantitative estimate of drug-likeness (QED) is 0.692. The van der Waals surface area contributed by atoms with Crippen LogP contribution in [-0.4, -0.2) is 24.4 Å². The molecule has 5 nitrogen and oxygen atoms in total. The predicted molar refractivity (Wildman–Crippen MR) is 50.9 cm³/mol. The molecular formula is C9H15NO4. The number of carbonyl (C=O) groups excluding carboxylic acids is 2. The van der Waals surface area contributed by atoms with Crippen molar-refractivity contribution in [2.45, 2.75) is 26.4 Å². The zero-order valence-corrected chi connectivity index (χ0v) is 8.62. The second-order valence-electron chi connectivity index (χ2n) is 3.51. The number of amides is 2. The number of hydrogen-bond donors (Lipinski definition) is 1. The predicted octanol–water partition coefficient (Wildman–Crippen LogP) is 1.83. The summed E-state index contributed by atoms with van der Waals surface area (Å²) in [6.45, 7) is 8.49. The average Bonchev–Trinajstić information content (AvgIpc) is 1.96. The molecule has 1 N–H and O–H groups in total. The topological polar surface area (TPSA) is 64.6 Å². The van der Waals surface area contributed by atoms with Gasteiger partial charge in [0.1, 0.15) is 12.2 Å². The Morgan fingerprint density at radius 1 is 1.36 bits per heavy atom. The van der Waals surface area contributed by atoms with Gasteiger partial charge in [0.2, 0.25) is 0 Å². The van der Waals surface area contributed by atoms with Gasteiger partial charge < -0.3 is 9.47 Å². The summed E-state index contributed by atoms with van der Waals surface area (Å²) < 4.78 is 9.32. The Kier molecular flexibility index (Phi) is 4.69. The van der Waals surface area contributed by atoms with Crippen molar-refractivity contribution in [1.29, 1.82) is 0 Å². The summed E-state index contributed by atoms with van der Waals surface area (Å²) in [5.41, 5.74) is -0.636. The fourth-order valence-electron chi connectivity index (χ4n) is 0.558. The van der Waals surface area contributed by atoms with Crippen LogP contribution in [0.4, 0.5) is 9.59 Å². The molecule has 0 unspecified atom stereocenters. The van der Waals surface area contributed by atoms with E-state index in [9.17, 15) is 9.59 Å². The summed E-state index contributed by atoms with van der Waals surface area (Å²) in [4.78, 5) is 21.8. The van der Waals surface area contributed by atoms with Gasteiger partial charge in [0.05, 0.1) is 0 Å². The molecule has 0 radical (unpaired) electrons. The molecule has 0 aromatic heterocycles. The van der Waals surface area contributed by atoms with Crippen molar-refractivity contribution in [1.82, 2.24) is 5.32 Å². The third-order valence-electron chi connectivity index (χ3n) is 0.935. The molecule has 0 bridgehead atoms. The van der Waals surface area contributed by atoms with Crippen LogP contribution in [0, 0.1) is 0 Å². The number of hydrogen-bond acceptors (Lipinski definition) is 4. The number of ether oxygens (including phenoxy) is 2. The first kappa shape index (κ1) is 12.5. The number of imide groups is 1. The van der Waals surface area contributed by atoms with Gasteiger partial charge in [0.25, 0.3) is 0 Å². The fraction of sp³-hybridized carbons (Fsp3) is 0.556. The van der Waals surface area contributed by atoms with E-state index in [0.717, 1.165) is 0 Å². The molecule has 5 heteroatoms. The van der Waals surface area contributed by atoms with Crippen LogP contribution < -0.4 is 5.32 Å². The highest BCUT2D eigenvalue weighted by atomic mass is 16.6. The Balaban J connectivity index is 3.83. The molecule has 0 heterocycles. The molecule has 14 heavy (non-hydrogen) atoms. The van der Waals surface area contributed by atoms with Crippen LogP contribution in [0.1, 0.15) is 20.8 Å². The molecule has 0 saturated carbocycles. The largest absolute Gasteiger partial charge is 0.445 e. The maximum absolute atomic E-state index is 11.0. The Labute approximate surface area is 83.1 Å². The maximum Gasteiger partial charge on any atom is 0.417 e. The molecule has 0 rings (SSSR count). The van der Waals surface area contributed by atoms with E-state index in [-0.39, 0.29) is 6.61 Å². The van der Waals surface area contributed by atoms with Crippen molar-refractivity contribution >= 4 is 12.2 Å². The summed E-state index contributed by atoms with van der Waals surface area (Å²) >= 11 is 0. The first-order chi connectivity index (χ1) is 6.35. The molecule has 0 aliphatic heterocycles. The van der Waals surface area contributed by atoms with Gasteiger partial charge in [-0.2, -0.15) is 0 Å². The first-order valence-electron chi connectivity index (χ1n) is 4.13. The van der Waals surface area contributed by atoms with Crippen molar-refractivity contribution in [3.05, 3.63) is 12.7 Å². The lowest BCUT2D eigenvalue weighted by molar-refractivity contribution is 0.0516. The molecule has 0 aromatic carbocycles. The van der Waals surface area contributed by atoms with E-state index < -0.39 is 17.8 Å². The van der Waals surface area contributed by atoms with Gasteiger partial charge in [-0.15, -0.1) is 0 Å². The van der Waals surface area contributed by atoms with Gasteiger partial charge in [-0.05, 0) is 20.8 Å². The molecule has 0 aliphatic rings. The molecule has 2 amide bonds. The molecule has 0 aromatic rings. The third kappa shape index (κ3) is 7.15.